The highest BCUT2D eigenvalue weighted by Gasteiger charge is 2.27. The van der Waals surface area contributed by atoms with Crippen molar-refractivity contribution in [3.8, 4) is 0 Å². The Balaban J connectivity index is 1.75. The van der Waals surface area contributed by atoms with Crippen LogP contribution in [-0.2, 0) is 13.1 Å². The van der Waals surface area contributed by atoms with Crippen LogP contribution >= 0.6 is 0 Å². The van der Waals surface area contributed by atoms with Crippen molar-refractivity contribution in [2.75, 3.05) is 20.6 Å². The summed E-state index contributed by atoms with van der Waals surface area (Å²) in [4.78, 5) is 13.8. The summed E-state index contributed by atoms with van der Waals surface area (Å²) in [5.41, 5.74) is 3.27. The van der Waals surface area contributed by atoms with Gasteiger partial charge in [-0.1, -0.05) is 0 Å². The number of hydrogen-bond acceptors (Lipinski definition) is 5. The van der Waals surface area contributed by atoms with E-state index >= 15 is 0 Å². The van der Waals surface area contributed by atoms with Crippen LogP contribution in [0.3, 0.4) is 0 Å². The smallest absolute Gasteiger partial charge is 0.0762 e. The van der Waals surface area contributed by atoms with Gasteiger partial charge in [0.1, 0.15) is 0 Å². The van der Waals surface area contributed by atoms with Crippen molar-refractivity contribution in [1.82, 2.24) is 30.0 Å². The van der Waals surface area contributed by atoms with Gasteiger partial charge in [0.15, 0.2) is 0 Å². The Bertz CT molecular complexity index is 565. The lowest BCUT2D eigenvalue weighted by atomic mass is 10.1. The molecule has 0 spiro atoms. The summed E-state index contributed by atoms with van der Waals surface area (Å²) in [6.45, 7) is 2.82. The van der Waals surface area contributed by atoms with Crippen LogP contribution in [0.5, 0.6) is 0 Å². The monoisotopic (exact) mass is 286 g/mol. The van der Waals surface area contributed by atoms with Crippen LogP contribution in [-0.4, -0.2) is 50.6 Å². The molecular weight excluding hydrogens is 264 g/mol. The Morgan fingerprint density at radius 3 is 3.05 bits per heavy atom. The van der Waals surface area contributed by atoms with E-state index in [0.717, 1.165) is 43.1 Å². The van der Waals surface area contributed by atoms with Crippen LogP contribution < -0.4 is 0 Å². The quantitative estimate of drug-likeness (QED) is 0.904. The van der Waals surface area contributed by atoms with Crippen molar-refractivity contribution in [2.24, 2.45) is 0 Å². The molecule has 1 aliphatic heterocycles. The Kier molecular flexibility index (Phi) is 4.26. The third kappa shape index (κ3) is 3.46. The molecule has 21 heavy (non-hydrogen) atoms. The van der Waals surface area contributed by atoms with Crippen molar-refractivity contribution < 1.29 is 0 Å². The zero-order chi connectivity index (χ0) is 14.7. The third-order valence-electron chi connectivity index (χ3n) is 3.82. The lowest BCUT2D eigenvalue weighted by Crippen LogP contribution is -2.24. The number of aromatic amines is 1. The fourth-order valence-corrected chi connectivity index (χ4v) is 2.93. The molecule has 0 bridgehead atoms. The zero-order valence-corrected chi connectivity index (χ0v) is 12.7. The molecule has 1 aliphatic rings. The van der Waals surface area contributed by atoms with Gasteiger partial charge in [-0.2, -0.15) is 5.10 Å². The molecular formula is C15H22N6. The summed E-state index contributed by atoms with van der Waals surface area (Å²) in [6, 6.07) is 2.40. The Hall–Kier alpha value is -1.79. The largest absolute Gasteiger partial charge is 0.304 e. The van der Waals surface area contributed by atoms with Gasteiger partial charge >= 0.3 is 0 Å². The normalized spacial score (nSPS) is 19.5. The maximum absolute atomic E-state index is 4.80. The fraction of sp³-hybridized carbons (Fsp3) is 0.533. The number of H-pyrrole nitrogens is 1. The molecule has 0 saturated carbocycles. The molecule has 2 aromatic rings. The fourth-order valence-electron chi connectivity index (χ4n) is 2.93. The molecule has 0 aliphatic carbocycles. The van der Waals surface area contributed by atoms with Gasteiger partial charge < -0.3 is 4.90 Å². The molecule has 2 aromatic heterocycles. The van der Waals surface area contributed by atoms with Gasteiger partial charge in [0.05, 0.1) is 17.4 Å². The first-order valence-electron chi connectivity index (χ1n) is 7.40. The third-order valence-corrected chi connectivity index (χ3v) is 3.82. The van der Waals surface area contributed by atoms with E-state index in [1.54, 1.807) is 6.20 Å². The predicted octanol–water partition coefficient (Wildman–Crippen LogP) is 1.60. The van der Waals surface area contributed by atoms with Crippen LogP contribution in [0.2, 0.25) is 0 Å². The minimum atomic E-state index is 0.364. The minimum Gasteiger partial charge on any atom is -0.304 e. The van der Waals surface area contributed by atoms with Crippen LogP contribution in [0, 0.1) is 0 Å². The molecule has 112 valence electrons. The van der Waals surface area contributed by atoms with Crippen LogP contribution in [0.1, 0.15) is 36.0 Å². The highest BCUT2D eigenvalue weighted by molar-refractivity contribution is 5.10. The first-order chi connectivity index (χ1) is 10.2. The van der Waals surface area contributed by atoms with E-state index < -0.39 is 0 Å². The second kappa shape index (κ2) is 6.32. The summed E-state index contributed by atoms with van der Waals surface area (Å²) < 4.78 is 0. The summed E-state index contributed by atoms with van der Waals surface area (Å²) in [6.07, 6.45) is 7.93. The summed E-state index contributed by atoms with van der Waals surface area (Å²) in [7, 11) is 4.10. The topological polar surface area (TPSA) is 60.9 Å². The van der Waals surface area contributed by atoms with Gasteiger partial charge in [-0.05, 0) is 39.5 Å². The number of nitrogens with zero attached hydrogens (tertiary/aromatic N) is 5. The highest BCUT2D eigenvalue weighted by Crippen LogP contribution is 2.31. The van der Waals surface area contributed by atoms with E-state index in [2.05, 4.69) is 39.1 Å². The summed E-state index contributed by atoms with van der Waals surface area (Å²) in [5.74, 6) is 0. The molecule has 0 aromatic carbocycles. The average Bonchev–Trinajstić information content (AvgIpc) is 3.10. The van der Waals surface area contributed by atoms with Gasteiger partial charge in [-0.25, -0.2) is 0 Å². The highest BCUT2D eigenvalue weighted by atomic mass is 15.2. The number of likely N-dealkylation sites (tertiary alicyclic amines) is 1. The molecule has 3 heterocycles. The lowest BCUT2D eigenvalue weighted by Gasteiger charge is -2.23. The summed E-state index contributed by atoms with van der Waals surface area (Å²) in [5, 5.41) is 7.06. The summed E-state index contributed by atoms with van der Waals surface area (Å²) >= 11 is 0. The Labute approximate surface area is 125 Å². The van der Waals surface area contributed by atoms with Gasteiger partial charge in [-0.3, -0.25) is 20.0 Å². The maximum Gasteiger partial charge on any atom is 0.0762 e. The molecule has 0 radical (unpaired) electrons. The van der Waals surface area contributed by atoms with Crippen LogP contribution in [0.4, 0.5) is 0 Å². The van der Waals surface area contributed by atoms with Crippen LogP contribution in [0.25, 0.3) is 0 Å². The van der Waals surface area contributed by atoms with E-state index in [-0.39, 0.29) is 0 Å². The van der Waals surface area contributed by atoms with Gasteiger partial charge in [0.25, 0.3) is 0 Å². The van der Waals surface area contributed by atoms with Gasteiger partial charge in [0.2, 0.25) is 0 Å². The average molecular weight is 286 g/mol. The van der Waals surface area contributed by atoms with E-state index in [1.165, 1.54) is 6.42 Å². The standard InChI is InChI=1S/C15H22N6/c1-20(2)10-13-8-16-9-14(18-13)15-4-3-7-21(15)11-12-5-6-17-19-12/h5-6,8-9,15H,3-4,7,10-11H2,1-2H3,(H,17,19). The van der Waals surface area contributed by atoms with E-state index in [0.29, 0.717) is 6.04 Å². The van der Waals surface area contributed by atoms with Gasteiger partial charge in [-0.15, -0.1) is 0 Å². The molecule has 1 atom stereocenters. The SMILES string of the molecule is CN(C)Cc1cncc(C2CCCN2Cc2ccn[nH]2)n1. The molecule has 1 unspecified atom stereocenters. The molecule has 0 amide bonds. The molecule has 3 rings (SSSR count). The van der Waals surface area contributed by atoms with Crippen molar-refractivity contribution in [2.45, 2.75) is 32.0 Å². The molecule has 1 saturated heterocycles. The molecule has 1 fully saturated rings. The van der Waals surface area contributed by atoms with Crippen molar-refractivity contribution in [3.05, 3.63) is 41.7 Å². The molecule has 1 N–H and O–H groups in total. The van der Waals surface area contributed by atoms with Crippen molar-refractivity contribution in [3.63, 3.8) is 0 Å². The Morgan fingerprint density at radius 1 is 1.38 bits per heavy atom. The first-order valence-corrected chi connectivity index (χ1v) is 7.40. The lowest BCUT2D eigenvalue weighted by molar-refractivity contribution is 0.240. The molecule has 6 nitrogen and oxygen atoms in total. The van der Waals surface area contributed by atoms with Gasteiger partial charge in [0, 0.05) is 37.4 Å². The zero-order valence-electron chi connectivity index (χ0n) is 12.7. The van der Waals surface area contributed by atoms with E-state index in [9.17, 15) is 0 Å². The van der Waals surface area contributed by atoms with Crippen LogP contribution in [0.15, 0.2) is 24.7 Å². The van der Waals surface area contributed by atoms with Crippen molar-refractivity contribution in [1.29, 1.82) is 0 Å². The second-order valence-corrected chi connectivity index (χ2v) is 5.88. The van der Waals surface area contributed by atoms with E-state index in [4.69, 9.17) is 4.98 Å². The second-order valence-electron chi connectivity index (χ2n) is 5.88. The Morgan fingerprint density at radius 2 is 2.29 bits per heavy atom. The number of hydrogen-bond donors (Lipinski definition) is 1. The van der Waals surface area contributed by atoms with Crippen molar-refractivity contribution >= 4 is 0 Å². The number of rotatable bonds is 5. The van der Waals surface area contributed by atoms with E-state index in [1.807, 2.05) is 18.5 Å². The number of nitrogens with one attached hydrogen (secondary N) is 1. The first kappa shape index (κ1) is 14.2. The number of aromatic nitrogens is 4. The predicted molar refractivity (Wildman–Crippen MR) is 80.4 cm³/mol. The minimum absolute atomic E-state index is 0.364. The molecule has 6 heteroatoms. The maximum atomic E-state index is 4.80.